The first kappa shape index (κ1) is 21.4. The van der Waals surface area contributed by atoms with E-state index < -0.39 is 17.8 Å². The molecule has 2 N–H and O–H groups in total. The van der Waals surface area contributed by atoms with Crippen LogP contribution in [0.25, 0.3) is 11.0 Å². The average Bonchev–Trinajstić information content (AvgIpc) is 2.74. The summed E-state index contributed by atoms with van der Waals surface area (Å²) in [6.07, 6.45) is 2.13. The molecule has 3 rings (SSSR count). The number of aryl methyl sites for hydroxylation is 1. The monoisotopic (exact) mass is 420 g/mol. The van der Waals surface area contributed by atoms with Gasteiger partial charge in [-0.1, -0.05) is 23.8 Å². The molecule has 2 aromatic carbocycles. The van der Waals surface area contributed by atoms with Crippen molar-refractivity contribution in [3.63, 3.8) is 0 Å². The molecule has 0 saturated heterocycles. The molecule has 9 heteroatoms. The van der Waals surface area contributed by atoms with Crippen LogP contribution in [-0.2, 0) is 9.59 Å². The minimum atomic E-state index is -1.36. The Hall–Kier alpha value is -4.27. The van der Waals surface area contributed by atoms with Gasteiger partial charge in [-0.25, -0.2) is 5.43 Å². The van der Waals surface area contributed by atoms with Crippen LogP contribution < -0.4 is 21.3 Å². The van der Waals surface area contributed by atoms with Crippen LogP contribution in [0.2, 0.25) is 0 Å². The van der Waals surface area contributed by atoms with Crippen molar-refractivity contribution in [1.29, 1.82) is 0 Å². The Balaban J connectivity index is 1.53. The summed E-state index contributed by atoms with van der Waals surface area (Å²) in [4.78, 5) is 47.1. The Morgan fingerprint density at radius 2 is 1.87 bits per heavy atom. The van der Waals surface area contributed by atoms with Gasteiger partial charge in [-0.2, -0.15) is 5.10 Å². The summed E-state index contributed by atoms with van der Waals surface area (Å²) in [7, 11) is 0. The Bertz CT molecular complexity index is 1250. The van der Waals surface area contributed by atoms with Crippen LogP contribution in [-0.4, -0.2) is 24.0 Å². The molecule has 0 atom stereocenters. The molecule has 0 bridgehead atoms. The number of carbonyl (C=O) groups excluding carboxylic acids is 3. The molecule has 158 valence electrons. The lowest BCUT2D eigenvalue weighted by molar-refractivity contribution is -0.255. The third kappa shape index (κ3) is 5.63. The molecular weight excluding hydrogens is 402 g/mol. The second kappa shape index (κ2) is 9.49. The van der Waals surface area contributed by atoms with E-state index in [0.29, 0.717) is 11.0 Å². The van der Waals surface area contributed by atoms with Crippen LogP contribution in [0.1, 0.15) is 34.3 Å². The predicted molar refractivity (Wildman–Crippen MR) is 112 cm³/mol. The summed E-state index contributed by atoms with van der Waals surface area (Å²) in [6.45, 7) is 1.86. The zero-order valence-corrected chi connectivity index (χ0v) is 16.5. The van der Waals surface area contributed by atoms with Crippen molar-refractivity contribution in [3.05, 3.63) is 75.6 Å². The number of carbonyl (C=O) groups is 3. The van der Waals surface area contributed by atoms with E-state index in [1.807, 2.05) is 13.0 Å². The van der Waals surface area contributed by atoms with E-state index in [2.05, 4.69) is 15.8 Å². The molecule has 0 fully saturated rings. The summed E-state index contributed by atoms with van der Waals surface area (Å²) < 4.78 is 5.40. The molecule has 0 aliphatic heterocycles. The summed E-state index contributed by atoms with van der Waals surface area (Å²) in [5.74, 6) is -2.36. The van der Waals surface area contributed by atoms with Gasteiger partial charge in [0.25, 0.3) is 0 Å². The number of rotatable bonds is 7. The predicted octanol–water partition coefficient (Wildman–Crippen LogP) is 1.33. The van der Waals surface area contributed by atoms with Crippen molar-refractivity contribution >= 4 is 40.7 Å². The van der Waals surface area contributed by atoms with E-state index in [4.69, 9.17) is 4.42 Å². The largest absolute Gasteiger partial charge is 0.545 e. The second-order valence-corrected chi connectivity index (χ2v) is 6.73. The number of amides is 2. The van der Waals surface area contributed by atoms with Crippen molar-refractivity contribution in [2.24, 2.45) is 5.10 Å². The smallest absolute Gasteiger partial charge is 0.240 e. The van der Waals surface area contributed by atoms with Crippen LogP contribution in [0.5, 0.6) is 0 Å². The fraction of sp³-hybridized carbons (Fsp3) is 0.136. The first-order chi connectivity index (χ1) is 14.8. The van der Waals surface area contributed by atoms with Gasteiger partial charge < -0.3 is 19.6 Å². The van der Waals surface area contributed by atoms with Gasteiger partial charge in [0.2, 0.25) is 17.2 Å². The number of hydrogen-bond donors (Lipinski definition) is 2. The van der Waals surface area contributed by atoms with E-state index in [-0.39, 0.29) is 35.1 Å². The molecule has 0 radical (unpaired) electrons. The van der Waals surface area contributed by atoms with Gasteiger partial charge in [0.05, 0.1) is 23.1 Å². The second-order valence-electron chi connectivity index (χ2n) is 6.73. The summed E-state index contributed by atoms with van der Waals surface area (Å²) >= 11 is 0. The molecule has 9 nitrogen and oxygen atoms in total. The van der Waals surface area contributed by atoms with E-state index in [1.165, 1.54) is 36.7 Å². The molecule has 2 amide bonds. The highest BCUT2D eigenvalue weighted by Gasteiger charge is 2.08. The SMILES string of the molecule is Cc1ccc2occ(/C=N\NC(=O)CCC(=O)Nc3cccc(C(=O)[O-])c3)c(=O)c2c1. The van der Waals surface area contributed by atoms with Crippen molar-refractivity contribution in [3.8, 4) is 0 Å². The average molecular weight is 420 g/mol. The molecule has 1 aromatic heterocycles. The molecule has 31 heavy (non-hydrogen) atoms. The number of hydrazone groups is 1. The minimum absolute atomic E-state index is 0.0711. The molecule has 0 unspecified atom stereocenters. The van der Waals surface area contributed by atoms with E-state index in [9.17, 15) is 24.3 Å². The Morgan fingerprint density at radius 1 is 1.10 bits per heavy atom. The Labute approximate surface area is 176 Å². The number of nitrogens with zero attached hydrogens (tertiary/aromatic N) is 1. The number of benzene rings is 2. The van der Waals surface area contributed by atoms with Gasteiger partial charge in [0.15, 0.2) is 0 Å². The third-order valence-electron chi connectivity index (χ3n) is 4.31. The van der Waals surface area contributed by atoms with Crippen molar-refractivity contribution < 1.29 is 23.9 Å². The molecule has 0 aliphatic rings. The molecule has 0 aliphatic carbocycles. The lowest BCUT2D eigenvalue weighted by Gasteiger charge is -2.07. The Kier molecular flexibility index (Phi) is 6.56. The maximum absolute atomic E-state index is 12.5. The highest BCUT2D eigenvalue weighted by molar-refractivity contribution is 5.95. The van der Waals surface area contributed by atoms with Crippen LogP contribution in [0.4, 0.5) is 5.69 Å². The molecule has 3 aromatic rings. The van der Waals surface area contributed by atoms with Crippen molar-refractivity contribution in [2.75, 3.05) is 5.32 Å². The number of aromatic carboxylic acids is 1. The number of nitrogens with one attached hydrogen (secondary N) is 2. The summed E-state index contributed by atoms with van der Waals surface area (Å²) in [5.41, 5.74) is 3.71. The van der Waals surface area contributed by atoms with Gasteiger partial charge >= 0.3 is 0 Å². The quantitative estimate of drug-likeness (QED) is 0.436. The van der Waals surface area contributed by atoms with Gasteiger partial charge in [0.1, 0.15) is 11.8 Å². The highest BCUT2D eigenvalue weighted by Crippen LogP contribution is 2.13. The number of fused-ring (bicyclic) bond motifs is 1. The Morgan fingerprint density at radius 3 is 2.65 bits per heavy atom. The standard InChI is InChI=1S/C22H19N3O6/c1-13-5-6-18-17(9-13)21(28)15(12-31-18)11-23-25-20(27)8-7-19(26)24-16-4-2-3-14(10-16)22(29)30/h2-6,9-12H,7-8H2,1H3,(H,24,26)(H,25,27)(H,29,30)/p-1/b23-11-. The molecule has 1 heterocycles. The fourth-order valence-electron chi connectivity index (χ4n) is 2.75. The normalized spacial score (nSPS) is 10.9. The van der Waals surface area contributed by atoms with Crippen molar-refractivity contribution in [2.45, 2.75) is 19.8 Å². The molecule has 0 spiro atoms. The number of anilines is 1. The number of hydrogen-bond acceptors (Lipinski definition) is 7. The third-order valence-corrected chi connectivity index (χ3v) is 4.31. The zero-order valence-electron chi connectivity index (χ0n) is 16.5. The fourth-order valence-corrected chi connectivity index (χ4v) is 2.75. The van der Waals surface area contributed by atoms with Crippen LogP contribution in [0.3, 0.4) is 0 Å². The number of carboxylic acid groups (broad SMARTS) is 1. The number of carboxylic acids is 1. The highest BCUT2D eigenvalue weighted by atomic mass is 16.4. The van der Waals surface area contributed by atoms with Crippen molar-refractivity contribution in [1.82, 2.24) is 5.43 Å². The maximum Gasteiger partial charge on any atom is 0.240 e. The zero-order chi connectivity index (χ0) is 22.4. The van der Waals surface area contributed by atoms with Crippen LogP contribution >= 0.6 is 0 Å². The summed E-state index contributed by atoms with van der Waals surface area (Å²) in [5, 5.41) is 17.5. The molecule has 0 saturated carbocycles. The van der Waals surface area contributed by atoms with Gasteiger partial charge in [0, 0.05) is 18.5 Å². The topological polar surface area (TPSA) is 141 Å². The van der Waals surface area contributed by atoms with Gasteiger partial charge in [-0.3, -0.25) is 14.4 Å². The minimum Gasteiger partial charge on any atom is -0.545 e. The van der Waals surface area contributed by atoms with E-state index in [0.717, 1.165) is 5.56 Å². The maximum atomic E-state index is 12.5. The first-order valence-corrected chi connectivity index (χ1v) is 9.29. The van der Waals surface area contributed by atoms with Gasteiger partial charge in [-0.05, 0) is 36.8 Å². The van der Waals surface area contributed by atoms with Gasteiger partial charge in [-0.15, -0.1) is 0 Å². The lowest BCUT2D eigenvalue weighted by Crippen LogP contribution is -2.23. The first-order valence-electron chi connectivity index (χ1n) is 9.29. The molecular formula is C22H18N3O6-. The van der Waals surface area contributed by atoms with E-state index in [1.54, 1.807) is 12.1 Å². The lowest BCUT2D eigenvalue weighted by atomic mass is 10.1. The summed E-state index contributed by atoms with van der Waals surface area (Å²) in [6, 6.07) is 10.8. The van der Waals surface area contributed by atoms with E-state index >= 15 is 0 Å². The van der Waals surface area contributed by atoms with Crippen LogP contribution in [0, 0.1) is 6.92 Å². The van der Waals surface area contributed by atoms with Crippen LogP contribution in [0.15, 0.2) is 63.0 Å².